The number of anilines is 1. The zero-order chi connectivity index (χ0) is 17.9. The van der Waals surface area contributed by atoms with Crippen molar-refractivity contribution in [3.05, 3.63) is 28.8 Å². The highest BCUT2D eigenvalue weighted by Crippen LogP contribution is 2.24. The molecule has 0 spiro atoms. The van der Waals surface area contributed by atoms with Crippen LogP contribution in [0.5, 0.6) is 0 Å². The lowest BCUT2D eigenvalue weighted by molar-refractivity contribution is -0.137. The average molecular weight is 352 g/mol. The fraction of sp³-hybridized carbons (Fsp3) is 0.471. The first kappa shape index (κ1) is 18.3. The number of nitrogens with zero attached hydrogens (tertiary/aromatic N) is 3. The van der Waals surface area contributed by atoms with E-state index in [1.165, 1.54) is 18.7 Å². The summed E-state index contributed by atoms with van der Waals surface area (Å²) in [4.78, 5) is 40.8. The summed E-state index contributed by atoms with van der Waals surface area (Å²) in [6.07, 6.45) is 0. The van der Waals surface area contributed by atoms with Gasteiger partial charge in [-0.3, -0.25) is 14.4 Å². The van der Waals surface area contributed by atoms with Gasteiger partial charge < -0.3 is 14.7 Å². The van der Waals surface area contributed by atoms with Crippen molar-refractivity contribution in [2.45, 2.75) is 20.8 Å². The maximum absolute atomic E-state index is 12.6. The molecule has 1 aromatic carbocycles. The quantitative estimate of drug-likeness (QED) is 0.832. The number of amides is 3. The predicted octanol–water partition coefficient (Wildman–Crippen LogP) is 1.69. The van der Waals surface area contributed by atoms with Crippen molar-refractivity contribution in [1.29, 1.82) is 0 Å². The van der Waals surface area contributed by atoms with Gasteiger partial charge in [0, 0.05) is 50.7 Å². The monoisotopic (exact) mass is 351 g/mol. The number of hydrogen-bond acceptors (Lipinski definition) is 3. The molecule has 2 rings (SSSR count). The third-order valence-electron chi connectivity index (χ3n) is 4.21. The van der Waals surface area contributed by atoms with Gasteiger partial charge in [0.05, 0.1) is 0 Å². The van der Waals surface area contributed by atoms with Crippen molar-refractivity contribution < 1.29 is 14.4 Å². The van der Waals surface area contributed by atoms with Crippen LogP contribution in [0, 0.1) is 6.92 Å². The number of rotatable bonds is 3. The molecular weight excluding hydrogens is 330 g/mol. The van der Waals surface area contributed by atoms with E-state index in [0.29, 0.717) is 36.9 Å². The highest BCUT2D eigenvalue weighted by molar-refractivity contribution is 6.31. The summed E-state index contributed by atoms with van der Waals surface area (Å²) in [5.41, 5.74) is 1.52. The summed E-state index contributed by atoms with van der Waals surface area (Å²) in [6, 6.07) is 5.27. The Kier molecular flexibility index (Phi) is 5.83. The molecule has 0 saturated carbocycles. The second kappa shape index (κ2) is 7.66. The molecular formula is C17H22ClN3O3. The van der Waals surface area contributed by atoms with Crippen LogP contribution in [0.15, 0.2) is 18.2 Å². The first-order chi connectivity index (χ1) is 11.3. The largest absolute Gasteiger partial charge is 0.339 e. The average Bonchev–Trinajstić information content (AvgIpc) is 2.54. The number of piperazine rings is 1. The van der Waals surface area contributed by atoms with Gasteiger partial charge in [-0.15, -0.1) is 0 Å². The van der Waals surface area contributed by atoms with Gasteiger partial charge in [0.25, 0.3) is 0 Å². The number of hydrogen-bond donors (Lipinski definition) is 0. The smallest absolute Gasteiger partial charge is 0.242 e. The van der Waals surface area contributed by atoms with Gasteiger partial charge in [-0.2, -0.15) is 0 Å². The summed E-state index contributed by atoms with van der Waals surface area (Å²) < 4.78 is 0. The molecule has 0 bridgehead atoms. The molecule has 0 radical (unpaired) electrons. The Morgan fingerprint density at radius 3 is 2.21 bits per heavy atom. The number of carbonyl (C=O) groups is 3. The minimum atomic E-state index is -0.212. The molecule has 0 atom stereocenters. The Balaban J connectivity index is 2.09. The zero-order valence-corrected chi connectivity index (χ0v) is 15.0. The summed E-state index contributed by atoms with van der Waals surface area (Å²) in [5, 5.41) is 0.518. The molecule has 1 aliphatic rings. The van der Waals surface area contributed by atoms with Crippen LogP contribution in [0.4, 0.5) is 5.69 Å². The summed E-state index contributed by atoms with van der Waals surface area (Å²) in [6.45, 7) is 6.82. The van der Waals surface area contributed by atoms with E-state index in [1.54, 1.807) is 21.9 Å². The molecule has 6 nitrogen and oxygen atoms in total. The van der Waals surface area contributed by atoms with E-state index in [2.05, 4.69) is 0 Å². The van der Waals surface area contributed by atoms with Gasteiger partial charge in [-0.25, -0.2) is 0 Å². The molecule has 0 N–H and O–H groups in total. The van der Waals surface area contributed by atoms with Crippen LogP contribution in [-0.2, 0) is 14.4 Å². The third kappa shape index (κ3) is 4.26. The van der Waals surface area contributed by atoms with Crippen LogP contribution in [0.1, 0.15) is 19.4 Å². The minimum Gasteiger partial charge on any atom is -0.339 e. The van der Waals surface area contributed by atoms with Crippen LogP contribution < -0.4 is 4.90 Å². The van der Waals surface area contributed by atoms with Crippen molar-refractivity contribution in [3.8, 4) is 0 Å². The number of aryl methyl sites for hydroxylation is 1. The maximum Gasteiger partial charge on any atom is 0.242 e. The molecule has 1 heterocycles. The molecule has 0 unspecified atom stereocenters. The van der Waals surface area contributed by atoms with Crippen LogP contribution in [0.3, 0.4) is 0 Å². The molecule has 1 fully saturated rings. The van der Waals surface area contributed by atoms with Gasteiger partial charge in [-0.05, 0) is 24.6 Å². The van der Waals surface area contributed by atoms with Crippen LogP contribution in [0.25, 0.3) is 0 Å². The van der Waals surface area contributed by atoms with E-state index in [1.807, 2.05) is 13.0 Å². The van der Waals surface area contributed by atoms with Crippen molar-refractivity contribution in [3.63, 3.8) is 0 Å². The Labute approximate surface area is 147 Å². The van der Waals surface area contributed by atoms with E-state index >= 15 is 0 Å². The summed E-state index contributed by atoms with van der Waals surface area (Å²) in [5.74, 6) is -0.328. The van der Waals surface area contributed by atoms with Gasteiger partial charge in [-0.1, -0.05) is 17.7 Å². The molecule has 7 heteroatoms. The van der Waals surface area contributed by atoms with Gasteiger partial charge in [0.1, 0.15) is 6.54 Å². The molecule has 0 aliphatic carbocycles. The molecule has 1 saturated heterocycles. The topological polar surface area (TPSA) is 60.9 Å². The van der Waals surface area contributed by atoms with Crippen LogP contribution in [-0.4, -0.2) is 60.2 Å². The van der Waals surface area contributed by atoms with Crippen molar-refractivity contribution in [2.75, 3.05) is 37.6 Å². The van der Waals surface area contributed by atoms with Crippen molar-refractivity contribution in [1.82, 2.24) is 9.80 Å². The minimum absolute atomic E-state index is 0.0158. The van der Waals surface area contributed by atoms with E-state index < -0.39 is 0 Å². The molecule has 1 aliphatic heterocycles. The fourth-order valence-electron chi connectivity index (χ4n) is 2.75. The van der Waals surface area contributed by atoms with Gasteiger partial charge in [0.15, 0.2) is 0 Å². The second-order valence-corrected chi connectivity index (χ2v) is 6.36. The molecule has 0 aromatic heterocycles. The maximum atomic E-state index is 12.6. The Bertz CT molecular complexity index is 654. The summed E-state index contributed by atoms with van der Waals surface area (Å²) >= 11 is 6.03. The summed E-state index contributed by atoms with van der Waals surface area (Å²) in [7, 11) is 0. The Hall–Kier alpha value is -2.08. The zero-order valence-electron chi connectivity index (χ0n) is 14.2. The third-order valence-corrected chi connectivity index (χ3v) is 4.45. The first-order valence-electron chi connectivity index (χ1n) is 7.87. The van der Waals surface area contributed by atoms with E-state index in [0.717, 1.165) is 5.56 Å². The van der Waals surface area contributed by atoms with E-state index in [4.69, 9.17) is 11.6 Å². The lowest BCUT2D eigenvalue weighted by Crippen LogP contribution is -2.52. The Morgan fingerprint density at radius 1 is 1.08 bits per heavy atom. The highest BCUT2D eigenvalue weighted by Gasteiger charge is 2.25. The number of carbonyl (C=O) groups excluding carboxylic acids is 3. The molecule has 1 aromatic rings. The van der Waals surface area contributed by atoms with Gasteiger partial charge >= 0.3 is 0 Å². The van der Waals surface area contributed by atoms with Crippen molar-refractivity contribution >= 4 is 35.0 Å². The standard InChI is InChI=1S/C17H22ClN3O3/c1-12-4-5-15(18)10-16(12)21(14(3)23)11-17(24)20-8-6-19(7-9-20)13(2)22/h4-5,10H,6-9,11H2,1-3H3. The molecule has 24 heavy (non-hydrogen) atoms. The Morgan fingerprint density at radius 2 is 1.67 bits per heavy atom. The number of benzene rings is 1. The van der Waals surface area contributed by atoms with Gasteiger partial charge in [0.2, 0.25) is 17.7 Å². The van der Waals surface area contributed by atoms with E-state index in [-0.39, 0.29) is 24.3 Å². The lowest BCUT2D eigenvalue weighted by Gasteiger charge is -2.35. The lowest BCUT2D eigenvalue weighted by atomic mass is 10.1. The van der Waals surface area contributed by atoms with Crippen LogP contribution in [0.2, 0.25) is 5.02 Å². The normalized spacial score (nSPS) is 14.5. The van der Waals surface area contributed by atoms with Crippen LogP contribution >= 0.6 is 11.6 Å². The second-order valence-electron chi connectivity index (χ2n) is 5.92. The number of halogens is 1. The SMILES string of the molecule is CC(=O)N1CCN(C(=O)CN(C(C)=O)c2cc(Cl)ccc2C)CC1. The predicted molar refractivity (Wildman–Crippen MR) is 93.1 cm³/mol. The van der Waals surface area contributed by atoms with Crippen molar-refractivity contribution in [2.24, 2.45) is 0 Å². The molecule has 3 amide bonds. The molecule has 130 valence electrons. The first-order valence-corrected chi connectivity index (χ1v) is 8.25. The fourth-order valence-corrected chi connectivity index (χ4v) is 2.91. The van der Waals surface area contributed by atoms with E-state index in [9.17, 15) is 14.4 Å². The highest BCUT2D eigenvalue weighted by atomic mass is 35.5.